The minimum absolute atomic E-state index is 0.111. The fraction of sp³-hybridized carbons (Fsp3) is 0.438. The van der Waals surface area contributed by atoms with Crippen molar-refractivity contribution in [2.45, 2.75) is 19.6 Å². The number of nitrogens with zero attached hydrogens (tertiary/aromatic N) is 4. The predicted molar refractivity (Wildman–Crippen MR) is 85.9 cm³/mol. The van der Waals surface area contributed by atoms with Crippen molar-refractivity contribution in [3.63, 3.8) is 0 Å². The van der Waals surface area contributed by atoms with Gasteiger partial charge in [-0.15, -0.1) is 0 Å². The molecule has 1 amide bonds. The number of hydrogen-bond donors (Lipinski definition) is 1. The van der Waals surface area contributed by atoms with E-state index in [2.05, 4.69) is 15.0 Å². The smallest absolute Gasteiger partial charge is 0.348 e. The molecule has 136 valence electrons. The highest BCUT2D eigenvalue weighted by atomic mass is 19.4. The van der Waals surface area contributed by atoms with E-state index in [1.807, 2.05) is 25.9 Å². The van der Waals surface area contributed by atoms with E-state index < -0.39 is 11.9 Å². The van der Waals surface area contributed by atoms with Crippen molar-refractivity contribution < 1.29 is 18.0 Å². The van der Waals surface area contributed by atoms with E-state index in [-0.39, 0.29) is 18.0 Å². The van der Waals surface area contributed by atoms with Gasteiger partial charge in [-0.25, -0.2) is 4.98 Å². The maximum atomic E-state index is 12.7. The summed E-state index contributed by atoms with van der Waals surface area (Å²) >= 11 is 0. The highest BCUT2D eigenvalue weighted by Crippen LogP contribution is 2.27. The SMILES string of the molecule is Cc1[nH]cnc1CN(CCN(C)C)C(=O)c1ccc(C(F)(F)F)nc1. The summed E-state index contributed by atoms with van der Waals surface area (Å²) in [6, 6.07) is 1.97. The Bertz CT molecular complexity index is 709. The molecular weight excluding hydrogens is 335 g/mol. The highest BCUT2D eigenvalue weighted by molar-refractivity contribution is 5.93. The minimum Gasteiger partial charge on any atom is -0.348 e. The summed E-state index contributed by atoms with van der Waals surface area (Å²) in [5.74, 6) is -0.384. The summed E-state index contributed by atoms with van der Waals surface area (Å²) in [7, 11) is 3.75. The molecule has 0 spiro atoms. The second kappa shape index (κ2) is 7.64. The van der Waals surface area contributed by atoms with Gasteiger partial charge in [0, 0.05) is 25.0 Å². The number of alkyl halides is 3. The molecule has 2 aromatic rings. The first-order chi connectivity index (χ1) is 11.7. The highest BCUT2D eigenvalue weighted by Gasteiger charge is 2.32. The minimum atomic E-state index is -4.53. The van der Waals surface area contributed by atoms with Gasteiger partial charge in [-0.1, -0.05) is 0 Å². The van der Waals surface area contributed by atoms with Crippen molar-refractivity contribution in [2.75, 3.05) is 27.2 Å². The van der Waals surface area contributed by atoms with Crippen LogP contribution in [0.25, 0.3) is 0 Å². The summed E-state index contributed by atoms with van der Waals surface area (Å²) in [4.78, 5) is 26.7. The van der Waals surface area contributed by atoms with Crippen molar-refractivity contribution in [1.29, 1.82) is 0 Å². The van der Waals surface area contributed by atoms with E-state index in [9.17, 15) is 18.0 Å². The lowest BCUT2D eigenvalue weighted by atomic mass is 10.2. The number of aryl methyl sites for hydroxylation is 1. The summed E-state index contributed by atoms with van der Waals surface area (Å²) in [5, 5.41) is 0. The van der Waals surface area contributed by atoms with E-state index in [4.69, 9.17) is 0 Å². The average Bonchev–Trinajstić information content (AvgIpc) is 2.95. The lowest BCUT2D eigenvalue weighted by Gasteiger charge is -2.24. The molecule has 25 heavy (non-hydrogen) atoms. The molecule has 0 saturated carbocycles. The van der Waals surface area contributed by atoms with E-state index >= 15 is 0 Å². The van der Waals surface area contributed by atoms with Gasteiger partial charge in [0.25, 0.3) is 5.91 Å². The van der Waals surface area contributed by atoms with Gasteiger partial charge in [0.15, 0.2) is 0 Å². The second-order valence-electron chi connectivity index (χ2n) is 5.93. The molecule has 0 radical (unpaired) electrons. The van der Waals surface area contributed by atoms with Crippen molar-refractivity contribution in [2.24, 2.45) is 0 Å². The third kappa shape index (κ3) is 5.02. The Labute approximate surface area is 143 Å². The lowest BCUT2D eigenvalue weighted by molar-refractivity contribution is -0.141. The number of halogens is 3. The van der Waals surface area contributed by atoms with Crippen molar-refractivity contribution >= 4 is 5.91 Å². The van der Waals surface area contributed by atoms with Crippen molar-refractivity contribution in [1.82, 2.24) is 24.8 Å². The molecule has 0 saturated heterocycles. The first kappa shape index (κ1) is 18.9. The Morgan fingerprint density at radius 1 is 1.20 bits per heavy atom. The molecule has 6 nitrogen and oxygen atoms in total. The van der Waals surface area contributed by atoms with E-state index in [0.29, 0.717) is 18.8 Å². The number of nitrogens with one attached hydrogen (secondary N) is 1. The molecule has 2 rings (SSSR count). The Balaban J connectivity index is 2.20. The zero-order valence-electron chi connectivity index (χ0n) is 14.3. The van der Waals surface area contributed by atoms with Crippen LogP contribution in [-0.2, 0) is 12.7 Å². The number of carbonyl (C=O) groups is 1. The fourth-order valence-corrected chi connectivity index (χ4v) is 2.17. The molecule has 0 aliphatic heterocycles. The molecule has 2 heterocycles. The zero-order chi connectivity index (χ0) is 18.6. The van der Waals surface area contributed by atoms with Gasteiger partial charge in [0.1, 0.15) is 5.69 Å². The van der Waals surface area contributed by atoms with Crippen molar-refractivity contribution in [3.8, 4) is 0 Å². The number of aromatic amines is 1. The van der Waals surface area contributed by atoms with Crippen LogP contribution in [0.3, 0.4) is 0 Å². The maximum absolute atomic E-state index is 12.7. The van der Waals surface area contributed by atoms with Crippen LogP contribution in [0.15, 0.2) is 24.7 Å². The van der Waals surface area contributed by atoms with Crippen LogP contribution in [0.2, 0.25) is 0 Å². The van der Waals surface area contributed by atoms with Gasteiger partial charge in [0.05, 0.1) is 24.1 Å². The number of rotatable bonds is 6. The summed E-state index contributed by atoms with van der Waals surface area (Å²) in [5.41, 5.74) is 0.646. The molecule has 9 heteroatoms. The van der Waals surface area contributed by atoms with Crippen LogP contribution in [-0.4, -0.2) is 57.8 Å². The molecule has 0 bridgehead atoms. The van der Waals surface area contributed by atoms with E-state index in [0.717, 1.165) is 24.0 Å². The first-order valence-corrected chi connectivity index (χ1v) is 7.64. The predicted octanol–water partition coefficient (Wildman–Crippen LogP) is 2.34. The van der Waals surface area contributed by atoms with E-state index in [1.54, 1.807) is 11.2 Å². The van der Waals surface area contributed by atoms with Crippen LogP contribution in [0.4, 0.5) is 13.2 Å². The van der Waals surface area contributed by atoms with Crippen molar-refractivity contribution in [3.05, 3.63) is 47.3 Å². The Hall–Kier alpha value is -2.42. The quantitative estimate of drug-likeness (QED) is 0.864. The third-order valence-corrected chi connectivity index (χ3v) is 3.68. The first-order valence-electron chi connectivity index (χ1n) is 7.64. The standard InChI is InChI=1S/C16H20F3N5O/c1-11-13(22-10-21-11)9-24(7-6-23(2)3)15(25)12-4-5-14(20-8-12)16(17,18)19/h4-5,8,10H,6-7,9H2,1-3H3,(H,21,22). The number of H-pyrrole nitrogens is 1. The molecule has 1 N–H and O–H groups in total. The second-order valence-corrected chi connectivity index (χ2v) is 5.93. The number of amides is 1. The van der Waals surface area contributed by atoms with Crippen LogP contribution >= 0.6 is 0 Å². The summed E-state index contributed by atoms with van der Waals surface area (Å²) in [6.07, 6.45) is -2.03. The van der Waals surface area contributed by atoms with E-state index in [1.165, 1.54) is 0 Å². The van der Waals surface area contributed by atoms with Gasteiger partial charge in [-0.3, -0.25) is 9.78 Å². The van der Waals surface area contributed by atoms with Crippen LogP contribution in [0.5, 0.6) is 0 Å². The molecule has 2 aromatic heterocycles. The summed E-state index contributed by atoms with van der Waals surface area (Å²) < 4.78 is 37.8. The number of carbonyl (C=O) groups excluding carboxylic acids is 1. The number of likely N-dealkylation sites (N-methyl/N-ethyl adjacent to an activating group) is 1. The van der Waals surface area contributed by atoms with Crippen LogP contribution < -0.4 is 0 Å². The molecule has 0 aromatic carbocycles. The molecule has 0 aliphatic rings. The monoisotopic (exact) mass is 355 g/mol. The van der Waals surface area contributed by atoms with Crippen LogP contribution in [0.1, 0.15) is 27.4 Å². The molecular formula is C16H20F3N5O. The van der Waals surface area contributed by atoms with Gasteiger partial charge in [0.2, 0.25) is 0 Å². The number of imidazole rings is 1. The Kier molecular flexibility index (Phi) is 5.78. The maximum Gasteiger partial charge on any atom is 0.433 e. The Morgan fingerprint density at radius 2 is 1.92 bits per heavy atom. The average molecular weight is 355 g/mol. The third-order valence-electron chi connectivity index (χ3n) is 3.68. The normalized spacial score (nSPS) is 11.8. The molecule has 0 unspecified atom stereocenters. The number of pyridine rings is 1. The van der Waals surface area contributed by atoms with Gasteiger partial charge in [-0.05, 0) is 33.2 Å². The summed E-state index contributed by atoms with van der Waals surface area (Å²) in [6.45, 7) is 3.14. The van der Waals surface area contributed by atoms with Gasteiger partial charge < -0.3 is 14.8 Å². The zero-order valence-corrected chi connectivity index (χ0v) is 14.3. The number of hydrogen-bond acceptors (Lipinski definition) is 4. The topological polar surface area (TPSA) is 65.1 Å². The fourth-order valence-electron chi connectivity index (χ4n) is 2.17. The molecule has 0 fully saturated rings. The van der Waals surface area contributed by atoms with Crippen LogP contribution in [0, 0.1) is 6.92 Å². The van der Waals surface area contributed by atoms with Gasteiger partial charge >= 0.3 is 6.18 Å². The molecule has 0 atom stereocenters. The number of aromatic nitrogens is 3. The largest absolute Gasteiger partial charge is 0.433 e. The Morgan fingerprint density at radius 3 is 2.40 bits per heavy atom. The lowest BCUT2D eigenvalue weighted by Crippen LogP contribution is -2.36. The molecule has 0 aliphatic carbocycles. The van der Waals surface area contributed by atoms with Gasteiger partial charge in [-0.2, -0.15) is 13.2 Å².